The summed E-state index contributed by atoms with van der Waals surface area (Å²) in [6.07, 6.45) is 1.54. The Morgan fingerprint density at radius 1 is 1.36 bits per heavy atom. The molecule has 0 saturated carbocycles. The number of halogens is 2. The average molecular weight is 215 g/mol. The van der Waals surface area contributed by atoms with Crippen LogP contribution in [0.15, 0.2) is 33.4 Å². The third-order valence-electron chi connectivity index (χ3n) is 1.50. The fourth-order valence-corrected chi connectivity index (χ4v) is 1.28. The Kier molecular flexibility index (Phi) is 1.46. The lowest BCUT2D eigenvalue weighted by atomic mass is 10.2. The van der Waals surface area contributed by atoms with Gasteiger partial charge in [0.25, 0.3) is 0 Å². The Morgan fingerprint density at radius 3 is 3.00 bits per heavy atom. The van der Waals surface area contributed by atoms with Crippen LogP contribution in [0.4, 0.5) is 4.39 Å². The molecule has 0 fully saturated rings. The smallest absolute Gasteiger partial charge is 0.138 e. The van der Waals surface area contributed by atoms with Crippen molar-refractivity contribution >= 4 is 26.9 Å². The largest absolute Gasteiger partial charge is 0.464 e. The Morgan fingerprint density at radius 2 is 2.18 bits per heavy atom. The zero-order chi connectivity index (χ0) is 7.84. The molecule has 0 atom stereocenters. The van der Waals surface area contributed by atoms with Crippen LogP contribution in [-0.2, 0) is 0 Å². The zero-order valence-corrected chi connectivity index (χ0v) is 7.06. The topological polar surface area (TPSA) is 13.1 Å². The highest BCUT2D eigenvalue weighted by Crippen LogP contribution is 2.23. The molecule has 2 rings (SSSR count). The number of benzene rings is 1. The summed E-state index contributed by atoms with van der Waals surface area (Å²) in [5.41, 5.74) is 0.693. The molecule has 0 radical (unpaired) electrons. The van der Waals surface area contributed by atoms with Crippen LogP contribution in [0.3, 0.4) is 0 Å². The van der Waals surface area contributed by atoms with Crippen molar-refractivity contribution in [2.45, 2.75) is 0 Å². The third-order valence-corrected chi connectivity index (χ3v) is 2.10. The summed E-state index contributed by atoms with van der Waals surface area (Å²) >= 11 is 3.07. The highest BCUT2D eigenvalue weighted by molar-refractivity contribution is 9.10. The number of rotatable bonds is 0. The molecule has 1 aromatic heterocycles. The lowest BCUT2D eigenvalue weighted by molar-refractivity contribution is 0.606. The van der Waals surface area contributed by atoms with Gasteiger partial charge in [0, 0.05) is 5.39 Å². The van der Waals surface area contributed by atoms with Gasteiger partial charge in [0.1, 0.15) is 11.4 Å². The number of furan rings is 1. The van der Waals surface area contributed by atoms with Gasteiger partial charge in [-0.25, -0.2) is 4.39 Å². The molecule has 1 aromatic carbocycles. The molecule has 0 aliphatic carbocycles. The maximum atomic E-state index is 12.8. The summed E-state index contributed by atoms with van der Waals surface area (Å²) in [5, 5.41) is 0.783. The van der Waals surface area contributed by atoms with E-state index in [0.29, 0.717) is 10.1 Å². The maximum absolute atomic E-state index is 12.8. The molecule has 0 N–H and O–H groups in total. The molecule has 0 spiro atoms. The molecule has 0 saturated heterocycles. The second-order valence-corrected chi connectivity index (χ2v) is 3.08. The molecule has 56 valence electrons. The van der Waals surface area contributed by atoms with Crippen LogP contribution >= 0.6 is 15.9 Å². The Balaban J connectivity index is 2.86. The molecule has 11 heavy (non-hydrogen) atoms. The number of hydrogen-bond acceptors (Lipinski definition) is 1. The van der Waals surface area contributed by atoms with Crippen LogP contribution in [0.1, 0.15) is 0 Å². The molecule has 1 nitrogen and oxygen atoms in total. The minimum Gasteiger partial charge on any atom is -0.464 e. The summed E-state index contributed by atoms with van der Waals surface area (Å²) < 4.78 is 18.3. The van der Waals surface area contributed by atoms with E-state index < -0.39 is 0 Å². The van der Waals surface area contributed by atoms with E-state index in [-0.39, 0.29) is 5.82 Å². The molecule has 0 unspecified atom stereocenters. The van der Waals surface area contributed by atoms with Gasteiger partial charge in [-0.3, -0.25) is 0 Å². The monoisotopic (exact) mass is 214 g/mol. The second-order valence-electron chi connectivity index (χ2n) is 2.22. The molecule has 1 heterocycles. The molecule has 2 aromatic rings. The minimum absolute atomic E-state index is 0.265. The summed E-state index contributed by atoms with van der Waals surface area (Å²) in [5.74, 6) is -0.265. The minimum atomic E-state index is -0.265. The quantitative estimate of drug-likeness (QED) is 0.656. The Bertz CT molecular complexity index is 358. The van der Waals surface area contributed by atoms with Crippen molar-refractivity contribution in [3.8, 4) is 0 Å². The van der Waals surface area contributed by atoms with Gasteiger partial charge in [-0.05, 0) is 34.1 Å². The number of hydrogen-bond donors (Lipinski definition) is 0. The van der Waals surface area contributed by atoms with E-state index in [2.05, 4.69) is 15.9 Å². The van der Waals surface area contributed by atoms with Crippen LogP contribution in [0.25, 0.3) is 11.0 Å². The maximum Gasteiger partial charge on any atom is 0.138 e. The lowest BCUT2D eigenvalue weighted by Crippen LogP contribution is -1.74. The molecule has 3 heteroatoms. The van der Waals surface area contributed by atoms with Gasteiger partial charge in [0.15, 0.2) is 0 Å². The standard InChI is InChI=1S/C8H4BrFO/c9-6-4-8-5(1-2-11-8)3-7(6)10/h1-4H. The first-order valence-electron chi connectivity index (χ1n) is 3.09. The first kappa shape index (κ1) is 6.85. The second kappa shape index (κ2) is 2.34. The van der Waals surface area contributed by atoms with Crippen molar-refractivity contribution in [3.05, 3.63) is 34.8 Å². The van der Waals surface area contributed by atoms with Crippen LogP contribution in [0.2, 0.25) is 0 Å². The Hall–Kier alpha value is -0.830. The van der Waals surface area contributed by atoms with E-state index in [1.807, 2.05) is 0 Å². The van der Waals surface area contributed by atoms with Crippen LogP contribution < -0.4 is 0 Å². The SMILES string of the molecule is Fc1cc2ccoc2cc1Br. The predicted molar refractivity (Wildman–Crippen MR) is 43.9 cm³/mol. The van der Waals surface area contributed by atoms with Crippen molar-refractivity contribution in [2.75, 3.05) is 0 Å². The first-order valence-corrected chi connectivity index (χ1v) is 3.89. The van der Waals surface area contributed by atoms with Crippen molar-refractivity contribution < 1.29 is 8.81 Å². The summed E-state index contributed by atoms with van der Waals surface area (Å²) in [7, 11) is 0. The van der Waals surface area contributed by atoms with Gasteiger partial charge < -0.3 is 4.42 Å². The predicted octanol–water partition coefficient (Wildman–Crippen LogP) is 3.33. The van der Waals surface area contributed by atoms with E-state index in [0.717, 1.165) is 5.39 Å². The van der Waals surface area contributed by atoms with E-state index in [1.54, 1.807) is 12.1 Å². The lowest BCUT2D eigenvalue weighted by Gasteiger charge is -1.92. The van der Waals surface area contributed by atoms with Crippen molar-refractivity contribution in [1.82, 2.24) is 0 Å². The number of fused-ring (bicyclic) bond motifs is 1. The molecule has 0 aliphatic rings. The molecule has 0 amide bonds. The molecular weight excluding hydrogens is 211 g/mol. The van der Waals surface area contributed by atoms with Gasteiger partial charge >= 0.3 is 0 Å². The molecular formula is C8H4BrFO. The van der Waals surface area contributed by atoms with Gasteiger partial charge in [-0.2, -0.15) is 0 Å². The van der Waals surface area contributed by atoms with E-state index in [1.165, 1.54) is 12.3 Å². The van der Waals surface area contributed by atoms with Gasteiger partial charge in [-0.1, -0.05) is 0 Å². The first-order chi connectivity index (χ1) is 5.27. The Labute approximate surface area is 70.9 Å². The fourth-order valence-electron chi connectivity index (χ4n) is 0.957. The highest BCUT2D eigenvalue weighted by Gasteiger charge is 2.02. The van der Waals surface area contributed by atoms with Crippen LogP contribution in [0, 0.1) is 5.82 Å². The normalized spacial score (nSPS) is 10.7. The van der Waals surface area contributed by atoms with Crippen molar-refractivity contribution in [2.24, 2.45) is 0 Å². The van der Waals surface area contributed by atoms with Gasteiger partial charge in [0.2, 0.25) is 0 Å². The van der Waals surface area contributed by atoms with Crippen LogP contribution in [-0.4, -0.2) is 0 Å². The van der Waals surface area contributed by atoms with Crippen LogP contribution in [0.5, 0.6) is 0 Å². The van der Waals surface area contributed by atoms with Gasteiger partial charge in [-0.15, -0.1) is 0 Å². The van der Waals surface area contributed by atoms with Gasteiger partial charge in [0.05, 0.1) is 10.7 Å². The van der Waals surface area contributed by atoms with E-state index >= 15 is 0 Å². The summed E-state index contributed by atoms with van der Waals surface area (Å²) in [4.78, 5) is 0. The van der Waals surface area contributed by atoms with E-state index in [4.69, 9.17) is 4.42 Å². The van der Waals surface area contributed by atoms with E-state index in [9.17, 15) is 4.39 Å². The third kappa shape index (κ3) is 1.05. The summed E-state index contributed by atoms with van der Waals surface area (Å²) in [6.45, 7) is 0. The van der Waals surface area contributed by atoms with Crippen molar-refractivity contribution in [1.29, 1.82) is 0 Å². The summed E-state index contributed by atoms with van der Waals surface area (Å²) in [6, 6.07) is 4.78. The van der Waals surface area contributed by atoms with Crippen molar-refractivity contribution in [3.63, 3.8) is 0 Å². The molecule has 0 aliphatic heterocycles. The molecule has 0 bridgehead atoms. The fraction of sp³-hybridized carbons (Fsp3) is 0. The zero-order valence-electron chi connectivity index (χ0n) is 5.47. The average Bonchev–Trinajstić information content (AvgIpc) is 2.36. The highest BCUT2D eigenvalue weighted by atomic mass is 79.9.